The van der Waals surface area contributed by atoms with Crippen molar-refractivity contribution in [1.82, 2.24) is 19.2 Å². The van der Waals surface area contributed by atoms with Gasteiger partial charge in [0.25, 0.3) is 0 Å². The maximum atomic E-state index is 12.0. The molecule has 0 spiro atoms. The highest BCUT2D eigenvalue weighted by molar-refractivity contribution is 5.31. The molecule has 2 aromatic heterocycles. The lowest BCUT2D eigenvalue weighted by atomic mass is 10.1. The minimum absolute atomic E-state index is 0.0953. The van der Waals surface area contributed by atoms with Gasteiger partial charge in [-0.25, -0.2) is 13.9 Å². The predicted octanol–water partition coefficient (Wildman–Crippen LogP) is 1.91. The van der Waals surface area contributed by atoms with Crippen molar-refractivity contribution < 1.29 is 0 Å². The van der Waals surface area contributed by atoms with Gasteiger partial charge in [0.15, 0.2) is 5.65 Å². The largest absolute Gasteiger partial charge is 0.350 e. The van der Waals surface area contributed by atoms with Crippen molar-refractivity contribution in [1.29, 1.82) is 0 Å². The quantitative estimate of drug-likeness (QED) is 0.664. The van der Waals surface area contributed by atoms with Gasteiger partial charge in [-0.2, -0.15) is 0 Å². The Morgan fingerprint density at radius 2 is 1.95 bits per heavy atom. The molecule has 102 valence electrons. The van der Waals surface area contributed by atoms with Crippen LogP contribution in [0.3, 0.4) is 0 Å². The second kappa shape index (κ2) is 5.69. The second-order valence-electron chi connectivity index (χ2n) is 4.75. The van der Waals surface area contributed by atoms with Gasteiger partial charge in [-0.05, 0) is 24.8 Å². The average Bonchev–Trinajstić information content (AvgIpc) is 2.82. The number of aryl methyl sites for hydroxylation is 2. The Hall–Kier alpha value is -2.43. The molecule has 0 saturated heterocycles. The van der Waals surface area contributed by atoms with E-state index in [0.717, 1.165) is 19.3 Å². The van der Waals surface area contributed by atoms with E-state index in [1.807, 2.05) is 6.07 Å². The third-order valence-corrected chi connectivity index (χ3v) is 3.32. The summed E-state index contributed by atoms with van der Waals surface area (Å²) in [5, 5.41) is 4.26. The molecular weight excluding hydrogens is 252 g/mol. The van der Waals surface area contributed by atoms with Gasteiger partial charge >= 0.3 is 5.69 Å². The number of rotatable bonds is 5. The number of fused-ring (bicyclic) bond motifs is 1. The molecule has 0 fully saturated rings. The fraction of sp³-hybridized carbons (Fsp3) is 0.267. The maximum absolute atomic E-state index is 12.0. The van der Waals surface area contributed by atoms with Crippen LogP contribution >= 0.6 is 0 Å². The van der Waals surface area contributed by atoms with E-state index in [4.69, 9.17) is 0 Å². The van der Waals surface area contributed by atoms with E-state index >= 15 is 0 Å². The molecule has 0 aliphatic heterocycles. The van der Waals surface area contributed by atoms with Gasteiger partial charge in [-0.15, -0.1) is 5.10 Å². The summed E-state index contributed by atoms with van der Waals surface area (Å²) in [7, 11) is 0. The van der Waals surface area contributed by atoms with Crippen molar-refractivity contribution in [3.63, 3.8) is 0 Å². The summed E-state index contributed by atoms with van der Waals surface area (Å²) < 4.78 is 3.03. The van der Waals surface area contributed by atoms with Crippen LogP contribution in [0.25, 0.3) is 5.65 Å². The Bertz CT molecular complexity index is 745. The fourth-order valence-corrected chi connectivity index (χ4v) is 2.26. The Labute approximate surface area is 116 Å². The molecule has 0 radical (unpaired) electrons. The molecular formula is C15H16N4O. The molecule has 0 bridgehead atoms. The first-order valence-electron chi connectivity index (χ1n) is 6.78. The molecule has 0 aliphatic carbocycles. The van der Waals surface area contributed by atoms with E-state index in [2.05, 4.69) is 34.3 Å². The summed E-state index contributed by atoms with van der Waals surface area (Å²) in [5.74, 6) is 0. The summed E-state index contributed by atoms with van der Waals surface area (Å²) in [4.78, 5) is 16.0. The summed E-state index contributed by atoms with van der Waals surface area (Å²) in [6.07, 6.45) is 7.85. The van der Waals surface area contributed by atoms with Crippen LogP contribution in [0.2, 0.25) is 0 Å². The van der Waals surface area contributed by atoms with Gasteiger partial charge in [0, 0.05) is 18.9 Å². The summed E-state index contributed by atoms with van der Waals surface area (Å²) in [5.41, 5.74) is 1.83. The lowest BCUT2D eigenvalue weighted by Gasteiger charge is -2.01. The molecule has 5 heteroatoms. The Balaban J connectivity index is 1.60. The van der Waals surface area contributed by atoms with E-state index in [9.17, 15) is 4.79 Å². The van der Waals surface area contributed by atoms with E-state index in [0.29, 0.717) is 12.2 Å². The van der Waals surface area contributed by atoms with Crippen LogP contribution in [0.5, 0.6) is 0 Å². The maximum Gasteiger partial charge on any atom is 0.350 e. The lowest BCUT2D eigenvalue weighted by molar-refractivity contribution is 0.542. The second-order valence-corrected chi connectivity index (χ2v) is 4.75. The molecule has 20 heavy (non-hydrogen) atoms. The number of hydrogen-bond acceptors (Lipinski definition) is 3. The standard InChI is InChI=1S/C15H16N4O/c20-15-18-11-9-16-12-14(18)17-19(15)10-5-4-8-13-6-2-1-3-7-13/h1-3,6-7,9,11-12H,4-5,8,10H2. The average molecular weight is 268 g/mol. The van der Waals surface area contributed by atoms with E-state index < -0.39 is 0 Å². The van der Waals surface area contributed by atoms with Crippen LogP contribution in [0, 0.1) is 0 Å². The predicted molar refractivity (Wildman–Crippen MR) is 76.6 cm³/mol. The van der Waals surface area contributed by atoms with Gasteiger partial charge < -0.3 is 0 Å². The van der Waals surface area contributed by atoms with E-state index in [1.54, 1.807) is 18.6 Å². The van der Waals surface area contributed by atoms with Crippen molar-refractivity contribution in [2.75, 3.05) is 0 Å². The third-order valence-electron chi connectivity index (χ3n) is 3.32. The van der Waals surface area contributed by atoms with Crippen molar-refractivity contribution in [2.45, 2.75) is 25.8 Å². The lowest BCUT2D eigenvalue weighted by Crippen LogP contribution is -2.21. The molecule has 5 nitrogen and oxygen atoms in total. The summed E-state index contributed by atoms with van der Waals surface area (Å²) in [6, 6.07) is 10.4. The topological polar surface area (TPSA) is 52.2 Å². The zero-order chi connectivity index (χ0) is 13.8. The zero-order valence-corrected chi connectivity index (χ0v) is 11.1. The van der Waals surface area contributed by atoms with Crippen LogP contribution < -0.4 is 5.69 Å². The van der Waals surface area contributed by atoms with Crippen molar-refractivity contribution >= 4 is 5.65 Å². The number of hydrogen-bond donors (Lipinski definition) is 0. The molecule has 0 amide bonds. The molecule has 0 aliphatic rings. The molecule has 0 N–H and O–H groups in total. The molecule has 0 unspecified atom stereocenters. The third kappa shape index (κ3) is 2.61. The fourth-order valence-electron chi connectivity index (χ4n) is 2.26. The van der Waals surface area contributed by atoms with E-state index in [1.165, 1.54) is 14.6 Å². The summed E-state index contributed by atoms with van der Waals surface area (Å²) in [6.45, 7) is 0.646. The molecule has 0 atom stereocenters. The Kier molecular flexibility index (Phi) is 3.58. The minimum Gasteiger partial charge on any atom is -0.259 e. The van der Waals surface area contributed by atoms with Gasteiger partial charge in [0.1, 0.15) is 0 Å². The number of aromatic nitrogens is 4. The normalized spacial score (nSPS) is 11.0. The minimum atomic E-state index is -0.0953. The molecule has 3 aromatic rings. The number of nitrogens with zero attached hydrogens (tertiary/aromatic N) is 4. The summed E-state index contributed by atoms with van der Waals surface area (Å²) >= 11 is 0. The molecule has 0 saturated carbocycles. The first-order valence-corrected chi connectivity index (χ1v) is 6.78. The Morgan fingerprint density at radius 1 is 1.10 bits per heavy atom. The molecule has 3 rings (SSSR count). The van der Waals surface area contributed by atoms with Crippen LogP contribution in [0.1, 0.15) is 18.4 Å². The van der Waals surface area contributed by atoms with Crippen LogP contribution in [-0.2, 0) is 13.0 Å². The SMILES string of the molecule is O=c1n(CCCCc2ccccc2)nc2cnccn12. The van der Waals surface area contributed by atoms with Crippen LogP contribution in [-0.4, -0.2) is 19.2 Å². The van der Waals surface area contributed by atoms with E-state index in [-0.39, 0.29) is 5.69 Å². The molecule has 1 aromatic carbocycles. The van der Waals surface area contributed by atoms with Gasteiger partial charge in [0.05, 0.1) is 6.20 Å². The van der Waals surface area contributed by atoms with Gasteiger partial charge in [0.2, 0.25) is 0 Å². The monoisotopic (exact) mass is 268 g/mol. The van der Waals surface area contributed by atoms with Crippen LogP contribution in [0.15, 0.2) is 53.7 Å². The molecule has 2 heterocycles. The number of benzene rings is 1. The van der Waals surface area contributed by atoms with Gasteiger partial charge in [-0.3, -0.25) is 4.98 Å². The highest BCUT2D eigenvalue weighted by atomic mass is 16.2. The highest BCUT2D eigenvalue weighted by Crippen LogP contribution is 2.05. The first-order chi connectivity index (χ1) is 9.84. The first kappa shape index (κ1) is 12.6. The van der Waals surface area contributed by atoms with Crippen molar-refractivity contribution in [3.8, 4) is 0 Å². The van der Waals surface area contributed by atoms with Gasteiger partial charge in [-0.1, -0.05) is 30.3 Å². The van der Waals surface area contributed by atoms with Crippen molar-refractivity contribution in [2.24, 2.45) is 0 Å². The van der Waals surface area contributed by atoms with Crippen molar-refractivity contribution in [3.05, 3.63) is 65.0 Å². The zero-order valence-electron chi connectivity index (χ0n) is 11.1. The number of unbranched alkanes of at least 4 members (excludes halogenated alkanes) is 1. The Morgan fingerprint density at radius 3 is 2.75 bits per heavy atom. The smallest absolute Gasteiger partial charge is 0.259 e. The van der Waals surface area contributed by atoms with Crippen LogP contribution in [0.4, 0.5) is 0 Å². The highest BCUT2D eigenvalue weighted by Gasteiger charge is 2.05.